The van der Waals surface area contributed by atoms with Crippen LogP contribution in [0.25, 0.3) is 0 Å². The standard InChI is InChI=1S/C18H24ClN7OS/c1-10-18(12(20)9-27-10)3-6-26(7-4-18)13-8-24-17(16(22)25-13)28-11-2-5-23-15(21)14(11)19/h2,5,8,10,12H,3-4,6-7,9,20H2,1H3,(H2,21,23)(H2,22,25)/t10?,12-/m1/s1. The molecule has 1 unspecified atom stereocenters. The summed E-state index contributed by atoms with van der Waals surface area (Å²) in [6.45, 7) is 4.48. The quantitative estimate of drug-likeness (QED) is 0.682. The van der Waals surface area contributed by atoms with Crippen LogP contribution in [0.2, 0.25) is 5.02 Å². The SMILES string of the molecule is CC1OC[C@@H](N)C12CCN(c1cnc(Sc3ccnc(N)c3Cl)c(N)n1)CC2. The molecule has 0 aromatic carbocycles. The number of nitrogen functional groups attached to an aromatic ring is 2. The Morgan fingerprint density at radius 2 is 2.00 bits per heavy atom. The molecule has 0 saturated carbocycles. The van der Waals surface area contributed by atoms with Gasteiger partial charge in [-0.25, -0.2) is 15.0 Å². The Balaban J connectivity index is 1.47. The monoisotopic (exact) mass is 421 g/mol. The molecule has 2 saturated heterocycles. The molecule has 150 valence electrons. The number of pyridine rings is 1. The maximum Gasteiger partial charge on any atom is 0.158 e. The van der Waals surface area contributed by atoms with Gasteiger partial charge >= 0.3 is 0 Å². The number of aromatic nitrogens is 3. The van der Waals surface area contributed by atoms with Crippen molar-refractivity contribution in [2.75, 3.05) is 36.1 Å². The normalized spacial score (nSPS) is 24.0. The van der Waals surface area contributed by atoms with Crippen LogP contribution in [0, 0.1) is 5.41 Å². The van der Waals surface area contributed by atoms with Gasteiger partial charge in [0.15, 0.2) is 5.82 Å². The number of ether oxygens (including phenoxy) is 1. The van der Waals surface area contributed by atoms with E-state index in [4.69, 9.17) is 33.5 Å². The maximum atomic E-state index is 6.34. The minimum absolute atomic E-state index is 0.0588. The van der Waals surface area contributed by atoms with E-state index in [1.807, 2.05) is 0 Å². The molecule has 2 aliphatic heterocycles. The Hall–Kier alpha value is -1.81. The molecule has 2 aromatic heterocycles. The van der Waals surface area contributed by atoms with Gasteiger partial charge in [0, 0.05) is 35.6 Å². The van der Waals surface area contributed by atoms with Crippen molar-refractivity contribution in [2.45, 2.75) is 41.8 Å². The number of nitrogens with two attached hydrogens (primary N) is 3. The molecule has 0 radical (unpaired) electrons. The topological polar surface area (TPSA) is 129 Å². The first-order valence-corrected chi connectivity index (χ1v) is 10.4. The highest BCUT2D eigenvalue weighted by atomic mass is 35.5. The van der Waals surface area contributed by atoms with Crippen molar-refractivity contribution >= 4 is 40.8 Å². The Morgan fingerprint density at radius 1 is 1.25 bits per heavy atom. The predicted octanol–water partition coefficient (Wildman–Crippen LogP) is 2.17. The molecule has 2 fully saturated rings. The van der Waals surface area contributed by atoms with E-state index in [1.54, 1.807) is 18.5 Å². The van der Waals surface area contributed by atoms with E-state index in [9.17, 15) is 0 Å². The van der Waals surface area contributed by atoms with Gasteiger partial charge in [0.2, 0.25) is 0 Å². The molecule has 0 amide bonds. The molecule has 10 heteroatoms. The van der Waals surface area contributed by atoms with Crippen LogP contribution in [0.1, 0.15) is 19.8 Å². The first-order valence-electron chi connectivity index (χ1n) is 9.23. The van der Waals surface area contributed by atoms with Crippen LogP contribution in [0.4, 0.5) is 17.5 Å². The van der Waals surface area contributed by atoms with Gasteiger partial charge in [-0.2, -0.15) is 0 Å². The summed E-state index contributed by atoms with van der Waals surface area (Å²) in [7, 11) is 0. The molecule has 2 atom stereocenters. The largest absolute Gasteiger partial charge is 0.382 e. The zero-order valence-corrected chi connectivity index (χ0v) is 17.2. The Kier molecular flexibility index (Phi) is 5.26. The Bertz CT molecular complexity index is 863. The molecule has 6 N–H and O–H groups in total. The molecule has 2 aliphatic rings. The van der Waals surface area contributed by atoms with Gasteiger partial charge in [0.05, 0.1) is 23.9 Å². The molecule has 1 spiro atoms. The second-order valence-corrected chi connectivity index (χ2v) is 8.74. The van der Waals surface area contributed by atoms with E-state index in [0.29, 0.717) is 22.5 Å². The van der Waals surface area contributed by atoms with E-state index in [0.717, 1.165) is 36.6 Å². The minimum atomic E-state index is 0.0588. The molecule has 8 nitrogen and oxygen atoms in total. The first kappa shape index (κ1) is 19.5. The van der Waals surface area contributed by atoms with E-state index in [1.165, 1.54) is 11.8 Å². The highest BCUT2D eigenvalue weighted by Crippen LogP contribution is 2.44. The van der Waals surface area contributed by atoms with E-state index < -0.39 is 0 Å². The van der Waals surface area contributed by atoms with Gasteiger partial charge in [0.25, 0.3) is 0 Å². The first-order chi connectivity index (χ1) is 13.4. The average molecular weight is 422 g/mol. The molecule has 28 heavy (non-hydrogen) atoms. The van der Waals surface area contributed by atoms with Gasteiger partial charge < -0.3 is 26.8 Å². The smallest absolute Gasteiger partial charge is 0.158 e. The summed E-state index contributed by atoms with van der Waals surface area (Å²) in [6.07, 6.45) is 5.49. The fraction of sp³-hybridized carbons (Fsp3) is 0.500. The van der Waals surface area contributed by atoms with Gasteiger partial charge in [0.1, 0.15) is 16.7 Å². The molecule has 0 bridgehead atoms. The third-order valence-electron chi connectivity index (χ3n) is 5.93. The Labute approximate surface area is 173 Å². The number of hydrogen-bond donors (Lipinski definition) is 3. The van der Waals surface area contributed by atoms with Crippen molar-refractivity contribution in [3.63, 3.8) is 0 Å². The van der Waals surface area contributed by atoms with Crippen LogP contribution >= 0.6 is 23.4 Å². The Morgan fingerprint density at radius 3 is 2.64 bits per heavy atom. The van der Waals surface area contributed by atoms with Crippen molar-refractivity contribution in [1.82, 2.24) is 15.0 Å². The number of piperidine rings is 1. The van der Waals surface area contributed by atoms with Crippen LogP contribution in [-0.2, 0) is 4.74 Å². The van der Waals surface area contributed by atoms with E-state index in [-0.39, 0.29) is 23.4 Å². The number of halogens is 1. The van der Waals surface area contributed by atoms with E-state index >= 15 is 0 Å². The summed E-state index contributed by atoms with van der Waals surface area (Å²) < 4.78 is 5.79. The minimum Gasteiger partial charge on any atom is -0.382 e. The van der Waals surface area contributed by atoms with Gasteiger partial charge in [-0.05, 0) is 25.8 Å². The molecule has 2 aromatic rings. The lowest BCUT2D eigenvalue weighted by Gasteiger charge is -2.43. The zero-order chi connectivity index (χ0) is 19.9. The van der Waals surface area contributed by atoms with Crippen molar-refractivity contribution in [3.8, 4) is 0 Å². The van der Waals surface area contributed by atoms with Crippen molar-refractivity contribution in [2.24, 2.45) is 11.1 Å². The maximum absolute atomic E-state index is 6.34. The second kappa shape index (κ2) is 7.55. The fourth-order valence-electron chi connectivity index (χ4n) is 4.05. The molecular formula is C18H24ClN7OS. The third kappa shape index (κ3) is 3.36. The number of rotatable bonds is 3. The van der Waals surface area contributed by atoms with Crippen LogP contribution in [0.5, 0.6) is 0 Å². The van der Waals surface area contributed by atoms with Gasteiger partial charge in [-0.1, -0.05) is 23.4 Å². The van der Waals surface area contributed by atoms with Crippen LogP contribution in [-0.4, -0.2) is 46.8 Å². The number of nitrogens with zero attached hydrogens (tertiary/aromatic N) is 4. The summed E-state index contributed by atoms with van der Waals surface area (Å²) >= 11 is 7.53. The van der Waals surface area contributed by atoms with Gasteiger partial charge in [-0.15, -0.1) is 0 Å². The molecular weight excluding hydrogens is 398 g/mol. The van der Waals surface area contributed by atoms with Gasteiger partial charge in [-0.3, -0.25) is 0 Å². The summed E-state index contributed by atoms with van der Waals surface area (Å²) in [5, 5.41) is 0.980. The van der Waals surface area contributed by atoms with Crippen LogP contribution in [0.3, 0.4) is 0 Å². The summed E-state index contributed by atoms with van der Waals surface area (Å²) in [5.41, 5.74) is 18.3. The molecule has 4 heterocycles. The van der Waals surface area contributed by atoms with Crippen molar-refractivity contribution < 1.29 is 4.74 Å². The highest BCUT2D eigenvalue weighted by Gasteiger charge is 2.49. The predicted molar refractivity (Wildman–Crippen MR) is 111 cm³/mol. The second-order valence-electron chi connectivity index (χ2n) is 7.33. The van der Waals surface area contributed by atoms with E-state index in [2.05, 4.69) is 26.8 Å². The summed E-state index contributed by atoms with van der Waals surface area (Å²) in [6, 6.07) is 1.87. The van der Waals surface area contributed by atoms with Crippen molar-refractivity contribution in [1.29, 1.82) is 0 Å². The molecule has 4 rings (SSSR count). The zero-order valence-electron chi connectivity index (χ0n) is 15.6. The average Bonchev–Trinajstić information content (AvgIpc) is 2.96. The summed E-state index contributed by atoms with van der Waals surface area (Å²) in [4.78, 5) is 16.0. The van der Waals surface area contributed by atoms with Crippen LogP contribution in [0.15, 0.2) is 28.4 Å². The van der Waals surface area contributed by atoms with Crippen LogP contribution < -0.4 is 22.1 Å². The third-order valence-corrected chi connectivity index (χ3v) is 7.51. The molecule has 0 aliphatic carbocycles. The highest BCUT2D eigenvalue weighted by molar-refractivity contribution is 7.99. The number of hydrogen-bond acceptors (Lipinski definition) is 9. The lowest BCUT2D eigenvalue weighted by atomic mass is 9.71. The fourth-order valence-corrected chi connectivity index (χ4v) is 5.06. The van der Waals surface area contributed by atoms with Crippen molar-refractivity contribution in [3.05, 3.63) is 23.5 Å². The lowest BCUT2D eigenvalue weighted by Crippen LogP contribution is -2.51. The lowest BCUT2D eigenvalue weighted by molar-refractivity contribution is 0.0483. The summed E-state index contributed by atoms with van der Waals surface area (Å²) in [5.74, 6) is 1.42. The number of anilines is 3.